The summed E-state index contributed by atoms with van der Waals surface area (Å²) < 4.78 is 15.2. The van der Waals surface area contributed by atoms with Gasteiger partial charge in [0.05, 0.1) is 16.7 Å². The van der Waals surface area contributed by atoms with Crippen molar-refractivity contribution in [2.75, 3.05) is 5.73 Å². The minimum atomic E-state index is -0.293. The Morgan fingerprint density at radius 3 is 2.74 bits per heavy atom. The van der Waals surface area contributed by atoms with E-state index in [1.165, 1.54) is 12.1 Å². The van der Waals surface area contributed by atoms with Crippen molar-refractivity contribution in [1.29, 1.82) is 0 Å². The molecule has 19 heavy (non-hydrogen) atoms. The Kier molecular flexibility index (Phi) is 2.52. The molecule has 0 aliphatic rings. The van der Waals surface area contributed by atoms with Gasteiger partial charge in [-0.3, -0.25) is 4.57 Å². The standard InChI is InChI=1S/C15H14FN3/c1-9-4-3-5-13(10(9)2)19-14-8-11(16)6-7-12(14)18-15(19)17/h3-8H,1-2H3,(H2,17,18). The lowest BCUT2D eigenvalue weighted by molar-refractivity contribution is 0.629. The first-order chi connectivity index (χ1) is 9.08. The quantitative estimate of drug-likeness (QED) is 0.724. The summed E-state index contributed by atoms with van der Waals surface area (Å²) in [6.45, 7) is 4.06. The number of halogens is 1. The van der Waals surface area contributed by atoms with Gasteiger partial charge in [0.25, 0.3) is 0 Å². The van der Waals surface area contributed by atoms with E-state index in [0.717, 1.165) is 16.8 Å². The average Bonchev–Trinajstić information content (AvgIpc) is 2.69. The average molecular weight is 255 g/mol. The van der Waals surface area contributed by atoms with Gasteiger partial charge in [-0.25, -0.2) is 9.37 Å². The third-order valence-corrected chi connectivity index (χ3v) is 3.46. The summed E-state index contributed by atoms with van der Waals surface area (Å²) in [6, 6.07) is 10.5. The molecule has 3 aromatic rings. The minimum Gasteiger partial charge on any atom is -0.369 e. The first-order valence-corrected chi connectivity index (χ1v) is 6.08. The van der Waals surface area contributed by atoms with Crippen LogP contribution >= 0.6 is 0 Å². The topological polar surface area (TPSA) is 43.8 Å². The lowest BCUT2D eigenvalue weighted by Gasteiger charge is -2.11. The maximum absolute atomic E-state index is 13.4. The van der Waals surface area contributed by atoms with Gasteiger partial charge in [-0.15, -0.1) is 0 Å². The molecule has 3 nitrogen and oxygen atoms in total. The van der Waals surface area contributed by atoms with Crippen molar-refractivity contribution >= 4 is 17.0 Å². The fourth-order valence-corrected chi connectivity index (χ4v) is 2.30. The van der Waals surface area contributed by atoms with Crippen LogP contribution in [0.25, 0.3) is 16.7 Å². The predicted molar refractivity (Wildman–Crippen MR) is 74.9 cm³/mol. The van der Waals surface area contributed by atoms with Gasteiger partial charge in [0.15, 0.2) is 0 Å². The molecule has 2 N–H and O–H groups in total. The summed E-state index contributed by atoms with van der Waals surface area (Å²) >= 11 is 0. The van der Waals surface area contributed by atoms with E-state index in [1.807, 2.05) is 32.0 Å². The van der Waals surface area contributed by atoms with Crippen LogP contribution in [0.3, 0.4) is 0 Å². The van der Waals surface area contributed by atoms with Gasteiger partial charge >= 0.3 is 0 Å². The highest BCUT2D eigenvalue weighted by Gasteiger charge is 2.13. The summed E-state index contributed by atoms with van der Waals surface area (Å²) in [5.74, 6) is 0.0771. The number of hydrogen-bond acceptors (Lipinski definition) is 2. The van der Waals surface area contributed by atoms with Crippen molar-refractivity contribution in [3.63, 3.8) is 0 Å². The Hall–Kier alpha value is -2.36. The van der Waals surface area contributed by atoms with Crippen LogP contribution in [0, 0.1) is 19.7 Å². The SMILES string of the molecule is Cc1cccc(-n2c(N)nc3ccc(F)cc32)c1C. The molecule has 2 aromatic carbocycles. The third kappa shape index (κ3) is 1.76. The number of hydrogen-bond donors (Lipinski definition) is 1. The van der Waals surface area contributed by atoms with Crippen molar-refractivity contribution in [2.45, 2.75) is 13.8 Å². The number of nitrogens with zero attached hydrogens (tertiary/aromatic N) is 2. The zero-order chi connectivity index (χ0) is 13.6. The largest absolute Gasteiger partial charge is 0.369 e. The van der Waals surface area contributed by atoms with Gasteiger partial charge in [0.1, 0.15) is 5.82 Å². The summed E-state index contributed by atoms with van der Waals surface area (Å²) in [6.07, 6.45) is 0. The van der Waals surface area contributed by atoms with Gasteiger partial charge in [0.2, 0.25) is 5.95 Å². The second-order valence-corrected chi connectivity index (χ2v) is 4.66. The van der Waals surface area contributed by atoms with E-state index in [-0.39, 0.29) is 5.82 Å². The van der Waals surface area contributed by atoms with Crippen LogP contribution in [-0.2, 0) is 0 Å². The first-order valence-electron chi connectivity index (χ1n) is 6.08. The molecule has 0 aliphatic heterocycles. The van der Waals surface area contributed by atoms with Crippen LogP contribution in [0.5, 0.6) is 0 Å². The van der Waals surface area contributed by atoms with Gasteiger partial charge < -0.3 is 5.73 Å². The zero-order valence-corrected chi connectivity index (χ0v) is 10.8. The first kappa shape index (κ1) is 11.7. The zero-order valence-electron chi connectivity index (χ0n) is 10.8. The van der Waals surface area contributed by atoms with E-state index in [0.29, 0.717) is 17.0 Å². The molecule has 3 rings (SSSR count). The van der Waals surface area contributed by atoms with Crippen LogP contribution in [0.1, 0.15) is 11.1 Å². The number of benzene rings is 2. The molecule has 0 atom stereocenters. The molecule has 0 bridgehead atoms. The van der Waals surface area contributed by atoms with E-state index < -0.39 is 0 Å². The Bertz CT molecular complexity index is 774. The maximum Gasteiger partial charge on any atom is 0.205 e. The highest BCUT2D eigenvalue weighted by atomic mass is 19.1. The normalized spacial score (nSPS) is 11.1. The number of imidazole rings is 1. The number of aromatic nitrogens is 2. The second kappa shape index (κ2) is 4.09. The smallest absolute Gasteiger partial charge is 0.205 e. The summed E-state index contributed by atoms with van der Waals surface area (Å²) in [4.78, 5) is 4.28. The molecule has 0 fully saturated rings. The molecule has 96 valence electrons. The Morgan fingerprint density at radius 2 is 1.95 bits per heavy atom. The molecule has 0 amide bonds. The van der Waals surface area contributed by atoms with Crippen molar-refractivity contribution in [1.82, 2.24) is 9.55 Å². The molecule has 1 heterocycles. The van der Waals surface area contributed by atoms with Gasteiger partial charge in [0, 0.05) is 6.07 Å². The van der Waals surface area contributed by atoms with Crippen molar-refractivity contribution < 1.29 is 4.39 Å². The lowest BCUT2D eigenvalue weighted by atomic mass is 10.1. The maximum atomic E-state index is 13.4. The van der Waals surface area contributed by atoms with Crippen LogP contribution in [0.15, 0.2) is 36.4 Å². The van der Waals surface area contributed by atoms with Gasteiger partial charge in [-0.05, 0) is 43.2 Å². The van der Waals surface area contributed by atoms with Crippen LogP contribution in [-0.4, -0.2) is 9.55 Å². The van der Waals surface area contributed by atoms with E-state index in [4.69, 9.17) is 5.73 Å². The van der Waals surface area contributed by atoms with E-state index in [1.54, 1.807) is 10.6 Å². The number of fused-ring (bicyclic) bond motifs is 1. The predicted octanol–water partition coefficient (Wildman–Crippen LogP) is 3.36. The molecule has 0 unspecified atom stereocenters. The van der Waals surface area contributed by atoms with Crippen molar-refractivity contribution in [3.05, 3.63) is 53.3 Å². The van der Waals surface area contributed by atoms with Gasteiger partial charge in [-0.2, -0.15) is 0 Å². The molecule has 0 spiro atoms. The van der Waals surface area contributed by atoms with Crippen molar-refractivity contribution in [2.24, 2.45) is 0 Å². The fraction of sp³-hybridized carbons (Fsp3) is 0.133. The number of nitrogens with two attached hydrogens (primary N) is 1. The molecule has 0 saturated carbocycles. The molecule has 1 aromatic heterocycles. The van der Waals surface area contributed by atoms with Crippen LogP contribution < -0.4 is 5.73 Å². The van der Waals surface area contributed by atoms with Crippen molar-refractivity contribution in [3.8, 4) is 5.69 Å². The molecule has 0 radical (unpaired) electrons. The molecule has 0 aliphatic carbocycles. The van der Waals surface area contributed by atoms with Crippen LogP contribution in [0.4, 0.5) is 10.3 Å². The molecular weight excluding hydrogens is 241 g/mol. The van der Waals surface area contributed by atoms with E-state index in [2.05, 4.69) is 4.98 Å². The summed E-state index contributed by atoms with van der Waals surface area (Å²) in [5.41, 5.74) is 10.6. The van der Waals surface area contributed by atoms with Crippen LogP contribution in [0.2, 0.25) is 0 Å². The lowest BCUT2D eigenvalue weighted by Crippen LogP contribution is -2.03. The fourth-order valence-electron chi connectivity index (χ4n) is 2.30. The Balaban J connectivity index is 2.39. The number of rotatable bonds is 1. The Labute approximate surface area is 110 Å². The third-order valence-electron chi connectivity index (χ3n) is 3.46. The highest BCUT2D eigenvalue weighted by Crippen LogP contribution is 2.26. The molecule has 4 heteroatoms. The monoisotopic (exact) mass is 255 g/mol. The highest BCUT2D eigenvalue weighted by molar-refractivity contribution is 5.81. The second-order valence-electron chi connectivity index (χ2n) is 4.66. The number of aryl methyl sites for hydroxylation is 1. The summed E-state index contributed by atoms with van der Waals surface area (Å²) in [7, 11) is 0. The molecule has 0 saturated heterocycles. The number of nitrogen functional groups attached to an aromatic ring is 1. The van der Waals surface area contributed by atoms with E-state index in [9.17, 15) is 4.39 Å². The van der Waals surface area contributed by atoms with Gasteiger partial charge in [-0.1, -0.05) is 12.1 Å². The Morgan fingerprint density at radius 1 is 1.16 bits per heavy atom. The summed E-state index contributed by atoms with van der Waals surface area (Å²) in [5, 5.41) is 0. The van der Waals surface area contributed by atoms with E-state index >= 15 is 0 Å². The number of anilines is 1. The minimum absolute atomic E-state index is 0.293. The molecular formula is C15H14FN3.